The molecular weight excluding hydrogens is 412 g/mol. The average Bonchev–Trinajstić information content (AvgIpc) is 2.78. The Hall–Kier alpha value is -3.93. The largest absolute Gasteiger partial charge is 0.495 e. The Morgan fingerprint density at radius 1 is 1.03 bits per heavy atom. The summed E-state index contributed by atoms with van der Waals surface area (Å²) < 4.78 is 5.48. The standard InChI is InChI=1S/C27H28N4O2/c1-16-6-7-18(13-21(16)17-8-10-22-19(12-17)15-29-26(28)31-22)25(32)30-23-14-20(27(2,3)4)9-11-24(23)33-5/h6-15H,1-5H3,(H,30,32)(H2,28,29,31). The van der Waals surface area contributed by atoms with E-state index in [9.17, 15) is 4.79 Å². The predicted molar refractivity (Wildman–Crippen MR) is 134 cm³/mol. The third-order valence-electron chi connectivity index (χ3n) is 5.72. The van der Waals surface area contributed by atoms with Crippen LogP contribution in [0.4, 0.5) is 11.6 Å². The van der Waals surface area contributed by atoms with Crippen molar-refractivity contribution in [3.63, 3.8) is 0 Å². The van der Waals surface area contributed by atoms with E-state index in [1.54, 1.807) is 13.3 Å². The Morgan fingerprint density at radius 3 is 2.55 bits per heavy atom. The van der Waals surface area contributed by atoms with Crippen LogP contribution >= 0.6 is 0 Å². The van der Waals surface area contributed by atoms with Crippen LogP contribution in [0.25, 0.3) is 22.0 Å². The van der Waals surface area contributed by atoms with Crippen LogP contribution in [0.1, 0.15) is 42.3 Å². The molecule has 0 bridgehead atoms. The molecule has 33 heavy (non-hydrogen) atoms. The van der Waals surface area contributed by atoms with Crippen molar-refractivity contribution in [1.82, 2.24) is 9.97 Å². The number of methoxy groups -OCH3 is 1. The van der Waals surface area contributed by atoms with E-state index in [4.69, 9.17) is 10.5 Å². The zero-order chi connectivity index (χ0) is 23.8. The summed E-state index contributed by atoms with van der Waals surface area (Å²) in [6.07, 6.45) is 1.71. The molecule has 1 amide bonds. The minimum atomic E-state index is -0.197. The number of nitrogens with two attached hydrogens (primary N) is 1. The predicted octanol–water partition coefficient (Wildman–Crippen LogP) is 5.75. The molecule has 168 valence electrons. The number of ether oxygens (including phenoxy) is 1. The van der Waals surface area contributed by atoms with E-state index < -0.39 is 0 Å². The minimum absolute atomic E-state index is 0.0484. The molecule has 0 unspecified atom stereocenters. The summed E-state index contributed by atoms with van der Waals surface area (Å²) in [5.74, 6) is 0.672. The molecule has 0 fully saturated rings. The number of aromatic nitrogens is 2. The van der Waals surface area contributed by atoms with Gasteiger partial charge in [0.25, 0.3) is 5.91 Å². The van der Waals surface area contributed by atoms with Crippen molar-refractivity contribution >= 4 is 28.4 Å². The Bertz CT molecular complexity index is 1360. The maximum Gasteiger partial charge on any atom is 0.255 e. The van der Waals surface area contributed by atoms with Crippen LogP contribution in [0, 0.1) is 6.92 Å². The fourth-order valence-electron chi connectivity index (χ4n) is 3.76. The number of aryl methyl sites for hydroxylation is 1. The highest BCUT2D eigenvalue weighted by Crippen LogP contribution is 2.32. The van der Waals surface area contributed by atoms with Crippen LogP contribution in [0.3, 0.4) is 0 Å². The fourth-order valence-corrected chi connectivity index (χ4v) is 3.76. The average molecular weight is 441 g/mol. The molecule has 4 aromatic rings. The van der Waals surface area contributed by atoms with Crippen LogP contribution in [-0.4, -0.2) is 23.0 Å². The number of fused-ring (bicyclic) bond motifs is 1. The fraction of sp³-hybridized carbons (Fsp3) is 0.222. The molecule has 6 nitrogen and oxygen atoms in total. The molecule has 0 saturated carbocycles. The van der Waals surface area contributed by atoms with Gasteiger partial charge in [0.2, 0.25) is 5.95 Å². The Morgan fingerprint density at radius 2 is 1.82 bits per heavy atom. The number of carbonyl (C=O) groups is 1. The first-order valence-electron chi connectivity index (χ1n) is 10.8. The molecule has 0 saturated heterocycles. The highest BCUT2D eigenvalue weighted by Gasteiger charge is 2.18. The number of nitrogens with zero attached hydrogens (tertiary/aromatic N) is 2. The van der Waals surface area contributed by atoms with Gasteiger partial charge in [0.15, 0.2) is 0 Å². The van der Waals surface area contributed by atoms with Gasteiger partial charge in [-0.2, -0.15) is 0 Å². The third-order valence-corrected chi connectivity index (χ3v) is 5.72. The van der Waals surface area contributed by atoms with Crippen molar-refractivity contribution in [1.29, 1.82) is 0 Å². The monoisotopic (exact) mass is 440 g/mol. The summed E-state index contributed by atoms with van der Waals surface area (Å²) in [5, 5.41) is 3.92. The molecule has 4 rings (SSSR count). The summed E-state index contributed by atoms with van der Waals surface area (Å²) in [7, 11) is 1.60. The zero-order valence-electron chi connectivity index (χ0n) is 19.6. The zero-order valence-corrected chi connectivity index (χ0v) is 19.6. The second-order valence-corrected chi connectivity index (χ2v) is 9.15. The number of hydrogen-bond donors (Lipinski definition) is 2. The molecule has 0 aliphatic carbocycles. The lowest BCUT2D eigenvalue weighted by molar-refractivity contribution is 0.102. The topological polar surface area (TPSA) is 90.1 Å². The van der Waals surface area contributed by atoms with E-state index in [2.05, 4.69) is 36.1 Å². The van der Waals surface area contributed by atoms with Crippen LogP contribution in [0.15, 0.2) is 60.8 Å². The van der Waals surface area contributed by atoms with E-state index in [0.29, 0.717) is 17.0 Å². The highest BCUT2D eigenvalue weighted by atomic mass is 16.5. The Kier molecular flexibility index (Phi) is 5.77. The third kappa shape index (κ3) is 4.65. The van der Waals surface area contributed by atoms with Crippen LogP contribution < -0.4 is 15.8 Å². The molecule has 0 atom stereocenters. The SMILES string of the molecule is COc1ccc(C(C)(C)C)cc1NC(=O)c1ccc(C)c(-c2ccc3nc(N)ncc3c2)c1. The van der Waals surface area contributed by atoms with Crippen molar-refractivity contribution in [2.75, 3.05) is 18.2 Å². The molecule has 6 heteroatoms. The smallest absolute Gasteiger partial charge is 0.255 e. The lowest BCUT2D eigenvalue weighted by Gasteiger charge is -2.21. The second kappa shape index (κ2) is 8.54. The molecule has 1 aromatic heterocycles. The maximum absolute atomic E-state index is 13.2. The van der Waals surface area contributed by atoms with Gasteiger partial charge in [-0.25, -0.2) is 9.97 Å². The number of rotatable bonds is 4. The van der Waals surface area contributed by atoms with Gasteiger partial charge < -0.3 is 15.8 Å². The summed E-state index contributed by atoms with van der Waals surface area (Å²) in [5.41, 5.74) is 11.8. The number of amides is 1. The molecule has 0 aliphatic rings. The van der Waals surface area contributed by atoms with E-state index in [-0.39, 0.29) is 17.3 Å². The van der Waals surface area contributed by atoms with Gasteiger partial charge in [0, 0.05) is 17.1 Å². The van der Waals surface area contributed by atoms with Crippen molar-refractivity contribution in [3.8, 4) is 16.9 Å². The van der Waals surface area contributed by atoms with Gasteiger partial charge in [-0.3, -0.25) is 4.79 Å². The number of nitrogen functional groups attached to an aromatic ring is 1. The number of benzene rings is 3. The summed E-state index contributed by atoms with van der Waals surface area (Å²) in [4.78, 5) is 21.5. The van der Waals surface area contributed by atoms with Gasteiger partial charge in [-0.1, -0.05) is 39.0 Å². The number of hydrogen-bond acceptors (Lipinski definition) is 5. The van der Waals surface area contributed by atoms with Gasteiger partial charge in [0.1, 0.15) is 5.75 Å². The van der Waals surface area contributed by atoms with E-state index in [1.165, 1.54) is 0 Å². The van der Waals surface area contributed by atoms with Crippen molar-refractivity contribution in [2.24, 2.45) is 0 Å². The molecule has 3 aromatic carbocycles. The van der Waals surface area contributed by atoms with Gasteiger partial charge >= 0.3 is 0 Å². The first-order chi connectivity index (χ1) is 15.7. The molecule has 1 heterocycles. The summed E-state index contributed by atoms with van der Waals surface area (Å²) >= 11 is 0. The second-order valence-electron chi connectivity index (χ2n) is 9.15. The lowest BCUT2D eigenvalue weighted by Crippen LogP contribution is -2.15. The molecule has 0 aliphatic heterocycles. The minimum Gasteiger partial charge on any atom is -0.495 e. The van der Waals surface area contributed by atoms with Gasteiger partial charge in [0.05, 0.1) is 18.3 Å². The van der Waals surface area contributed by atoms with Crippen LogP contribution in [-0.2, 0) is 5.41 Å². The van der Waals surface area contributed by atoms with Crippen molar-refractivity contribution in [3.05, 3.63) is 77.5 Å². The Balaban J connectivity index is 1.68. The number of nitrogens with one attached hydrogen (secondary N) is 1. The molecule has 0 radical (unpaired) electrons. The highest BCUT2D eigenvalue weighted by molar-refractivity contribution is 6.06. The quantitative estimate of drug-likeness (QED) is 0.422. The Labute approximate surface area is 193 Å². The molecule has 3 N–H and O–H groups in total. The first kappa shape index (κ1) is 22.3. The van der Waals surface area contributed by atoms with E-state index in [0.717, 1.165) is 33.2 Å². The van der Waals surface area contributed by atoms with Crippen LogP contribution in [0.5, 0.6) is 5.75 Å². The van der Waals surface area contributed by atoms with E-state index >= 15 is 0 Å². The van der Waals surface area contributed by atoms with Crippen molar-refractivity contribution in [2.45, 2.75) is 33.1 Å². The maximum atomic E-state index is 13.2. The van der Waals surface area contributed by atoms with Gasteiger partial charge in [-0.05, 0) is 71.0 Å². The number of carbonyl (C=O) groups excluding carboxylic acids is 1. The van der Waals surface area contributed by atoms with Crippen molar-refractivity contribution < 1.29 is 9.53 Å². The summed E-state index contributed by atoms with van der Waals surface area (Å²) in [6.45, 7) is 8.43. The van der Waals surface area contributed by atoms with Crippen LogP contribution in [0.2, 0.25) is 0 Å². The van der Waals surface area contributed by atoms with Gasteiger partial charge in [-0.15, -0.1) is 0 Å². The summed E-state index contributed by atoms with van der Waals surface area (Å²) in [6, 6.07) is 17.5. The molecular formula is C27H28N4O2. The molecule has 0 spiro atoms. The first-order valence-corrected chi connectivity index (χ1v) is 10.8. The van der Waals surface area contributed by atoms with E-state index in [1.807, 2.05) is 61.5 Å². The normalized spacial score (nSPS) is 11.4. The number of anilines is 2. The lowest BCUT2D eigenvalue weighted by atomic mass is 9.87.